The van der Waals surface area contributed by atoms with Crippen molar-refractivity contribution in [2.45, 2.75) is 19.0 Å². The Morgan fingerprint density at radius 3 is 2.62 bits per heavy atom. The molecule has 0 aliphatic carbocycles. The van der Waals surface area contributed by atoms with Gasteiger partial charge in [0.15, 0.2) is 5.69 Å². The normalized spacial score (nSPS) is 11.3. The van der Waals surface area contributed by atoms with Crippen molar-refractivity contribution in [1.29, 1.82) is 0 Å². The molecule has 1 aromatic heterocycles. The third-order valence-electron chi connectivity index (χ3n) is 3.11. The lowest BCUT2D eigenvalue weighted by atomic mass is 10.2. The molecule has 128 valence electrons. The average molecular weight is 341 g/mol. The van der Waals surface area contributed by atoms with Crippen LogP contribution in [0, 0.1) is 0 Å². The van der Waals surface area contributed by atoms with Crippen LogP contribution in [0.5, 0.6) is 0 Å². The maximum absolute atomic E-state index is 12.6. The molecule has 0 bridgehead atoms. The van der Waals surface area contributed by atoms with Crippen LogP contribution in [0.2, 0.25) is 0 Å². The third kappa shape index (κ3) is 4.58. The number of benzene rings is 1. The van der Waals surface area contributed by atoms with Gasteiger partial charge in [0.25, 0.3) is 5.91 Å². The van der Waals surface area contributed by atoms with Gasteiger partial charge in [0, 0.05) is 24.7 Å². The molecular formula is C15H14F3N3O3. The number of halogens is 3. The van der Waals surface area contributed by atoms with E-state index in [2.05, 4.69) is 10.4 Å². The zero-order valence-electron chi connectivity index (χ0n) is 12.4. The second kappa shape index (κ2) is 7.16. The number of carboxylic acid groups (broad SMARTS) is 1. The van der Waals surface area contributed by atoms with Gasteiger partial charge in [-0.25, -0.2) is 4.68 Å². The summed E-state index contributed by atoms with van der Waals surface area (Å²) in [7, 11) is 0. The topological polar surface area (TPSA) is 84.2 Å². The fourth-order valence-electron chi connectivity index (χ4n) is 1.95. The van der Waals surface area contributed by atoms with Crippen molar-refractivity contribution in [2.24, 2.45) is 0 Å². The third-order valence-corrected chi connectivity index (χ3v) is 3.11. The van der Waals surface area contributed by atoms with Crippen molar-refractivity contribution in [3.63, 3.8) is 0 Å². The van der Waals surface area contributed by atoms with Gasteiger partial charge in [-0.2, -0.15) is 18.3 Å². The second-order valence-corrected chi connectivity index (χ2v) is 4.95. The van der Waals surface area contributed by atoms with E-state index in [4.69, 9.17) is 5.11 Å². The Hall–Kier alpha value is -2.84. The first kappa shape index (κ1) is 17.5. The van der Waals surface area contributed by atoms with Gasteiger partial charge in [-0.3, -0.25) is 9.59 Å². The number of rotatable bonds is 6. The summed E-state index contributed by atoms with van der Waals surface area (Å²) in [4.78, 5) is 22.4. The molecule has 0 radical (unpaired) electrons. The first-order chi connectivity index (χ1) is 11.3. The molecule has 0 saturated carbocycles. The Morgan fingerprint density at radius 2 is 2.00 bits per heavy atom. The van der Waals surface area contributed by atoms with Crippen LogP contribution in [0.3, 0.4) is 0 Å². The van der Waals surface area contributed by atoms with Crippen LogP contribution in [0.1, 0.15) is 28.9 Å². The van der Waals surface area contributed by atoms with Crippen molar-refractivity contribution in [1.82, 2.24) is 15.1 Å². The Labute approximate surface area is 134 Å². The van der Waals surface area contributed by atoms with Crippen molar-refractivity contribution in [3.8, 4) is 5.69 Å². The van der Waals surface area contributed by atoms with Crippen LogP contribution in [-0.2, 0) is 11.0 Å². The molecule has 1 amide bonds. The van der Waals surface area contributed by atoms with Gasteiger partial charge < -0.3 is 10.4 Å². The lowest BCUT2D eigenvalue weighted by Gasteiger charge is -2.07. The summed E-state index contributed by atoms with van der Waals surface area (Å²) in [5.41, 5.74) is -0.471. The maximum atomic E-state index is 12.6. The first-order valence-corrected chi connectivity index (χ1v) is 7.00. The lowest BCUT2D eigenvalue weighted by Crippen LogP contribution is -2.25. The first-order valence-electron chi connectivity index (χ1n) is 7.00. The molecule has 1 heterocycles. The van der Waals surface area contributed by atoms with Crippen LogP contribution in [0.15, 0.2) is 36.5 Å². The quantitative estimate of drug-likeness (QED) is 0.791. The highest BCUT2D eigenvalue weighted by molar-refractivity contribution is 5.94. The smallest absolute Gasteiger partial charge is 0.435 e. The van der Waals surface area contributed by atoms with Gasteiger partial charge >= 0.3 is 12.1 Å². The summed E-state index contributed by atoms with van der Waals surface area (Å²) >= 11 is 0. The highest BCUT2D eigenvalue weighted by Crippen LogP contribution is 2.27. The van der Waals surface area contributed by atoms with Crippen LogP contribution >= 0.6 is 0 Å². The molecule has 2 rings (SSSR count). The molecule has 2 aromatic rings. The van der Waals surface area contributed by atoms with Gasteiger partial charge in [-0.1, -0.05) is 6.07 Å². The van der Waals surface area contributed by atoms with E-state index in [0.29, 0.717) is 5.69 Å². The number of hydrogen-bond donors (Lipinski definition) is 2. The Bertz CT molecular complexity index is 741. The van der Waals surface area contributed by atoms with Crippen molar-refractivity contribution >= 4 is 11.9 Å². The predicted molar refractivity (Wildman–Crippen MR) is 77.8 cm³/mol. The number of hydrogen-bond acceptors (Lipinski definition) is 3. The van der Waals surface area contributed by atoms with E-state index in [0.717, 1.165) is 16.9 Å². The number of alkyl halides is 3. The standard InChI is InChI=1S/C15H14F3N3O3/c16-15(17,18)12-6-8-21(20-12)11-4-1-3-10(9-11)14(24)19-7-2-5-13(22)23/h1,3-4,6,8-9H,2,5,7H2,(H,19,24)(H,22,23). The Balaban J connectivity index is 2.07. The SMILES string of the molecule is O=C(O)CCCNC(=O)c1cccc(-n2ccc(C(F)(F)F)n2)c1. The molecule has 0 fully saturated rings. The molecule has 0 atom stereocenters. The minimum Gasteiger partial charge on any atom is -0.481 e. The second-order valence-electron chi connectivity index (χ2n) is 4.95. The lowest BCUT2D eigenvalue weighted by molar-refractivity contribution is -0.141. The number of nitrogens with one attached hydrogen (secondary N) is 1. The highest BCUT2D eigenvalue weighted by atomic mass is 19.4. The zero-order valence-corrected chi connectivity index (χ0v) is 12.4. The Morgan fingerprint density at radius 1 is 1.25 bits per heavy atom. The summed E-state index contributed by atoms with van der Waals surface area (Å²) in [5.74, 6) is -1.39. The molecular weight excluding hydrogens is 327 g/mol. The molecule has 24 heavy (non-hydrogen) atoms. The minimum atomic E-state index is -4.54. The number of carboxylic acids is 1. The van der Waals surface area contributed by atoms with Crippen LogP contribution in [0.25, 0.3) is 5.69 Å². The predicted octanol–water partition coefficient (Wildman–Crippen LogP) is 2.49. The molecule has 9 heteroatoms. The number of nitrogens with zero attached hydrogens (tertiary/aromatic N) is 2. The maximum Gasteiger partial charge on any atom is 0.435 e. The zero-order chi connectivity index (χ0) is 17.7. The van der Waals surface area contributed by atoms with E-state index in [1.807, 2.05) is 0 Å². The number of amides is 1. The van der Waals surface area contributed by atoms with Crippen LogP contribution < -0.4 is 5.32 Å². The molecule has 0 aliphatic rings. The summed E-state index contributed by atoms with van der Waals surface area (Å²) in [5, 5.41) is 14.5. The molecule has 0 saturated heterocycles. The fourth-order valence-corrected chi connectivity index (χ4v) is 1.95. The van der Waals surface area contributed by atoms with Gasteiger partial charge in [0.1, 0.15) is 0 Å². The molecule has 0 spiro atoms. The van der Waals surface area contributed by atoms with Gasteiger partial charge in [0.2, 0.25) is 0 Å². The van der Waals surface area contributed by atoms with Crippen LogP contribution in [0.4, 0.5) is 13.2 Å². The summed E-state index contributed by atoms with van der Waals surface area (Å²) in [6.07, 6.45) is -3.15. The van der Waals surface area contributed by atoms with Crippen LogP contribution in [-0.4, -0.2) is 33.3 Å². The molecule has 0 aliphatic heterocycles. The number of carbonyl (C=O) groups is 2. The summed E-state index contributed by atoms with van der Waals surface area (Å²) < 4.78 is 38.7. The van der Waals surface area contributed by atoms with Crippen molar-refractivity contribution in [2.75, 3.05) is 6.54 Å². The van der Waals surface area contributed by atoms with E-state index in [1.54, 1.807) is 0 Å². The fraction of sp³-hybridized carbons (Fsp3) is 0.267. The van der Waals surface area contributed by atoms with Gasteiger partial charge in [0.05, 0.1) is 5.69 Å². The van der Waals surface area contributed by atoms with E-state index in [-0.39, 0.29) is 24.9 Å². The van der Waals surface area contributed by atoms with Crippen molar-refractivity contribution in [3.05, 3.63) is 47.8 Å². The largest absolute Gasteiger partial charge is 0.481 e. The summed E-state index contributed by atoms with van der Waals surface area (Å²) in [6, 6.07) is 6.80. The molecule has 2 N–H and O–H groups in total. The highest BCUT2D eigenvalue weighted by Gasteiger charge is 2.33. The molecule has 0 unspecified atom stereocenters. The molecule has 1 aromatic carbocycles. The number of carbonyl (C=O) groups excluding carboxylic acids is 1. The van der Waals surface area contributed by atoms with Gasteiger partial charge in [-0.05, 0) is 30.7 Å². The van der Waals surface area contributed by atoms with E-state index < -0.39 is 23.7 Å². The molecule has 6 nitrogen and oxygen atoms in total. The Kier molecular flexibility index (Phi) is 5.22. The summed E-state index contributed by atoms with van der Waals surface area (Å²) in [6.45, 7) is 0.190. The monoisotopic (exact) mass is 341 g/mol. The number of aromatic nitrogens is 2. The van der Waals surface area contributed by atoms with Crippen molar-refractivity contribution < 1.29 is 27.9 Å². The minimum absolute atomic E-state index is 0.0617. The van der Waals surface area contributed by atoms with E-state index in [1.165, 1.54) is 24.3 Å². The van der Waals surface area contributed by atoms with Gasteiger partial charge in [-0.15, -0.1) is 0 Å². The average Bonchev–Trinajstić information content (AvgIpc) is 3.01. The number of aliphatic carboxylic acids is 1. The van der Waals surface area contributed by atoms with E-state index >= 15 is 0 Å². The van der Waals surface area contributed by atoms with E-state index in [9.17, 15) is 22.8 Å².